The van der Waals surface area contributed by atoms with Crippen LogP contribution < -0.4 is 5.32 Å². The van der Waals surface area contributed by atoms with Gasteiger partial charge in [0.25, 0.3) is 0 Å². The van der Waals surface area contributed by atoms with Crippen molar-refractivity contribution in [2.75, 3.05) is 19.8 Å². The van der Waals surface area contributed by atoms with E-state index < -0.39 is 0 Å². The summed E-state index contributed by atoms with van der Waals surface area (Å²) in [5, 5.41) is 3.65. The SMILES string of the molecule is Cc1ccc(Br)cc1C1(C2CCCN2)COC1. The standard InChI is InChI=1S/C14H18BrNO/c1-10-4-5-11(15)7-12(10)14(8-17-9-14)13-3-2-6-16-13/h4-5,7,13,16H,2-3,6,8-9H2,1H3. The molecule has 0 aromatic heterocycles. The van der Waals surface area contributed by atoms with E-state index in [1.807, 2.05) is 0 Å². The Bertz CT molecular complexity index is 422. The van der Waals surface area contributed by atoms with Crippen LogP contribution in [-0.4, -0.2) is 25.8 Å². The largest absolute Gasteiger partial charge is 0.379 e. The highest BCUT2D eigenvalue weighted by atomic mass is 79.9. The maximum atomic E-state index is 5.54. The molecule has 1 unspecified atom stereocenters. The van der Waals surface area contributed by atoms with Gasteiger partial charge in [0.1, 0.15) is 0 Å². The molecule has 2 aliphatic heterocycles. The van der Waals surface area contributed by atoms with E-state index in [4.69, 9.17) is 4.74 Å². The Morgan fingerprint density at radius 1 is 1.41 bits per heavy atom. The molecule has 0 saturated carbocycles. The molecule has 0 amide bonds. The van der Waals surface area contributed by atoms with Crippen LogP contribution in [0.3, 0.4) is 0 Å². The number of ether oxygens (including phenoxy) is 1. The molecule has 3 rings (SSSR count). The first kappa shape index (κ1) is 11.7. The zero-order valence-corrected chi connectivity index (χ0v) is 11.7. The molecule has 3 heteroatoms. The average molecular weight is 296 g/mol. The minimum absolute atomic E-state index is 0.213. The van der Waals surface area contributed by atoms with Crippen molar-refractivity contribution in [3.63, 3.8) is 0 Å². The van der Waals surface area contributed by atoms with Gasteiger partial charge in [0, 0.05) is 10.5 Å². The topological polar surface area (TPSA) is 21.3 Å². The van der Waals surface area contributed by atoms with Crippen LogP contribution in [0.2, 0.25) is 0 Å². The summed E-state index contributed by atoms with van der Waals surface area (Å²) in [6.07, 6.45) is 2.56. The summed E-state index contributed by atoms with van der Waals surface area (Å²) in [6.45, 7) is 5.08. The van der Waals surface area contributed by atoms with E-state index in [0.717, 1.165) is 19.8 Å². The second-order valence-electron chi connectivity index (χ2n) is 5.26. The summed E-state index contributed by atoms with van der Waals surface area (Å²) >= 11 is 3.59. The summed E-state index contributed by atoms with van der Waals surface area (Å²) in [4.78, 5) is 0. The van der Waals surface area contributed by atoms with E-state index in [1.165, 1.54) is 28.4 Å². The van der Waals surface area contributed by atoms with Crippen LogP contribution in [0.15, 0.2) is 22.7 Å². The molecule has 0 spiro atoms. The average Bonchev–Trinajstić information content (AvgIpc) is 2.75. The molecule has 2 heterocycles. The van der Waals surface area contributed by atoms with Gasteiger partial charge in [-0.25, -0.2) is 0 Å². The van der Waals surface area contributed by atoms with Crippen molar-refractivity contribution in [1.29, 1.82) is 0 Å². The van der Waals surface area contributed by atoms with Gasteiger partial charge in [-0.15, -0.1) is 0 Å². The fraction of sp³-hybridized carbons (Fsp3) is 0.571. The number of aryl methyl sites for hydroxylation is 1. The van der Waals surface area contributed by atoms with Gasteiger partial charge in [-0.3, -0.25) is 0 Å². The lowest BCUT2D eigenvalue weighted by atomic mass is 9.70. The van der Waals surface area contributed by atoms with E-state index in [9.17, 15) is 0 Å². The first-order valence-corrected chi connectivity index (χ1v) is 7.09. The lowest BCUT2D eigenvalue weighted by molar-refractivity contribution is -0.0764. The molecule has 2 saturated heterocycles. The van der Waals surface area contributed by atoms with Crippen LogP contribution >= 0.6 is 15.9 Å². The molecule has 1 atom stereocenters. The van der Waals surface area contributed by atoms with Crippen LogP contribution in [0.5, 0.6) is 0 Å². The van der Waals surface area contributed by atoms with Crippen LogP contribution in [-0.2, 0) is 10.2 Å². The summed E-state index contributed by atoms with van der Waals surface area (Å²) in [7, 11) is 0. The van der Waals surface area contributed by atoms with Crippen molar-refractivity contribution < 1.29 is 4.74 Å². The lowest BCUT2D eigenvalue weighted by Crippen LogP contribution is -2.58. The highest BCUT2D eigenvalue weighted by Gasteiger charge is 2.48. The van der Waals surface area contributed by atoms with Crippen LogP contribution in [0, 0.1) is 6.92 Å². The Morgan fingerprint density at radius 3 is 2.82 bits per heavy atom. The van der Waals surface area contributed by atoms with Crippen LogP contribution in [0.1, 0.15) is 24.0 Å². The van der Waals surface area contributed by atoms with Crippen molar-refractivity contribution in [2.24, 2.45) is 0 Å². The van der Waals surface area contributed by atoms with Gasteiger partial charge in [-0.1, -0.05) is 22.0 Å². The van der Waals surface area contributed by atoms with Crippen molar-refractivity contribution in [3.05, 3.63) is 33.8 Å². The van der Waals surface area contributed by atoms with Crippen LogP contribution in [0.4, 0.5) is 0 Å². The normalized spacial score (nSPS) is 26.8. The Morgan fingerprint density at radius 2 is 2.24 bits per heavy atom. The molecular formula is C14H18BrNO. The van der Waals surface area contributed by atoms with E-state index >= 15 is 0 Å². The molecule has 2 nitrogen and oxygen atoms in total. The van der Waals surface area contributed by atoms with Crippen molar-refractivity contribution in [1.82, 2.24) is 5.32 Å². The predicted molar refractivity (Wildman–Crippen MR) is 72.4 cm³/mol. The van der Waals surface area contributed by atoms with E-state index in [-0.39, 0.29) is 5.41 Å². The molecule has 2 fully saturated rings. The highest BCUT2D eigenvalue weighted by Crippen LogP contribution is 2.41. The molecule has 0 aliphatic carbocycles. The van der Waals surface area contributed by atoms with Crippen LogP contribution in [0.25, 0.3) is 0 Å². The van der Waals surface area contributed by atoms with Gasteiger partial charge < -0.3 is 10.1 Å². The first-order valence-electron chi connectivity index (χ1n) is 6.30. The monoisotopic (exact) mass is 295 g/mol. The fourth-order valence-electron chi connectivity index (χ4n) is 3.15. The number of rotatable bonds is 2. The highest BCUT2D eigenvalue weighted by molar-refractivity contribution is 9.10. The molecule has 17 heavy (non-hydrogen) atoms. The Balaban J connectivity index is 2.01. The molecule has 0 radical (unpaired) electrons. The Labute approximate surface area is 111 Å². The minimum Gasteiger partial charge on any atom is -0.379 e. The van der Waals surface area contributed by atoms with Gasteiger partial charge in [0.05, 0.1) is 18.6 Å². The molecule has 1 aromatic carbocycles. The van der Waals surface area contributed by atoms with E-state index in [1.54, 1.807) is 0 Å². The second-order valence-corrected chi connectivity index (χ2v) is 6.17. The Hall–Kier alpha value is -0.380. The third-order valence-electron chi connectivity index (χ3n) is 4.18. The number of hydrogen-bond donors (Lipinski definition) is 1. The molecule has 0 bridgehead atoms. The van der Waals surface area contributed by atoms with Gasteiger partial charge in [0.2, 0.25) is 0 Å². The number of nitrogens with one attached hydrogen (secondary N) is 1. The number of halogens is 1. The zero-order valence-electron chi connectivity index (χ0n) is 10.1. The summed E-state index contributed by atoms with van der Waals surface area (Å²) in [5.74, 6) is 0. The second kappa shape index (κ2) is 4.38. The lowest BCUT2D eigenvalue weighted by Gasteiger charge is -2.47. The van der Waals surface area contributed by atoms with Crippen molar-refractivity contribution >= 4 is 15.9 Å². The molecular weight excluding hydrogens is 278 g/mol. The summed E-state index contributed by atoms with van der Waals surface area (Å²) < 4.78 is 6.71. The molecule has 2 aliphatic rings. The molecule has 1 aromatic rings. The first-order chi connectivity index (χ1) is 8.22. The minimum atomic E-state index is 0.213. The van der Waals surface area contributed by atoms with Crippen molar-refractivity contribution in [2.45, 2.75) is 31.2 Å². The number of benzene rings is 1. The third-order valence-corrected chi connectivity index (χ3v) is 4.68. The maximum Gasteiger partial charge on any atom is 0.0600 e. The number of hydrogen-bond acceptors (Lipinski definition) is 2. The quantitative estimate of drug-likeness (QED) is 0.906. The van der Waals surface area contributed by atoms with Crippen molar-refractivity contribution in [3.8, 4) is 0 Å². The van der Waals surface area contributed by atoms with E-state index in [0.29, 0.717) is 6.04 Å². The maximum absolute atomic E-state index is 5.54. The fourth-order valence-corrected chi connectivity index (χ4v) is 3.51. The molecule has 1 N–H and O–H groups in total. The van der Waals surface area contributed by atoms with Gasteiger partial charge in [0.15, 0.2) is 0 Å². The zero-order chi connectivity index (χ0) is 11.9. The smallest absolute Gasteiger partial charge is 0.0600 e. The third kappa shape index (κ3) is 1.85. The summed E-state index contributed by atoms with van der Waals surface area (Å²) in [5.41, 5.74) is 3.05. The van der Waals surface area contributed by atoms with Gasteiger partial charge in [-0.05, 0) is 49.6 Å². The summed E-state index contributed by atoms with van der Waals surface area (Å²) in [6, 6.07) is 7.18. The predicted octanol–water partition coefficient (Wildman–Crippen LogP) is 2.78. The Kier molecular flexibility index (Phi) is 3.01. The van der Waals surface area contributed by atoms with E-state index in [2.05, 4.69) is 46.4 Å². The van der Waals surface area contributed by atoms with Gasteiger partial charge in [-0.2, -0.15) is 0 Å². The molecule has 92 valence electrons. The van der Waals surface area contributed by atoms with Gasteiger partial charge >= 0.3 is 0 Å².